The van der Waals surface area contributed by atoms with Gasteiger partial charge in [0.2, 0.25) is 0 Å². The molecule has 0 unspecified atom stereocenters. The summed E-state index contributed by atoms with van der Waals surface area (Å²) in [6, 6.07) is 7.67. The fourth-order valence-corrected chi connectivity index (χ4v) is 3.36. The maximum Gasteiger partial charge on any atom is 0.254 e. The number of hydrogen-bond acceptors (Lipinski definition) is 4. The van der Waals surface area contributed by atoms with Crippen LogP contribution in [0.15, 0.2) is 24.3 Å². The largest absolute Gasteiger partial charge is 0.497 e. The van der Waals surface area contributed by atoms with E-state index >= 15 is 0 Å². The average Bonchev–Trinajstić information content (AvgIpc) is 3.45. The molecule has 5 heteroatoms. The van der Waals surface area contributed by atoms with Crippen molar-refractivity contribution in [2.45, 2.75) is 37.7 Å². The molecular weight excluding hydrogens is 304 g/mol. The molecule has 2 aromatic rings. The summed E-state index contributed by atoms with van der Waals surface area (Å²) in [5.74, 6) is 1.25. The molecule has 5 nitrogen and oxygen atoms in total. The summed E-state index contributed by atoms with van der Waals surface area (Å²) in [5, 5.41) is 10.5. The SMILES string of the molecule is COc1ccc2nc(C3CC3)cc(C(=O)N3CCC(O)CC3)c2c1. The molecule has 1 aromatic carbocycles. The van der Waals surface area contributed by atoms with Gasteiger partial charge in [-0.25, -0.2) is 0 Å². The Hall–Kier alpha value is -2.14. The number of amides is 1. The number of pyridine rings is 1. The highest BCUT2D eigenvalue weighted by Gasteiger charge is 2.29. The van der Waals surface area contributed by atoms with Gasteiger partial charge in [-0.2, -0.15) is 0 Å². The first-order valence-electron chi connectivity index (χ1n) is 8.62. The Kier molecular flexibility index (Phi) is 3.88. The third-order valence-corrected chi connectivity index (χ3v) is 5.01. The molecule has 4 rings (SSSR count). The second kappa shape index (κ2) is 6.06. The number of benzene rings is 1. The van der Waals surface area contributed by atoms with Gasteiger partial charge in [0, 0.05) is 30.1 Å². The molecule has 0 atom stereocenters. The van der Waals surface area contributed by atoms with E-state index in [1.54, 1.807) is 7.11 Å². The maximum absolute atomic E-state index is 13.1. The summed E-state index contributed by atoms with van der Waals surface area (Å²) in [4.78, 5) is 19.7. The number of piperidine rings is 1. The number of rotatable bonds is 3. The summed E-state index contributed by atoms with van der Waals surface area (Å²) < 4.78 is 5.32. The standard InChI is InChI=1S/C19H22N2O3/c1-24-14-4-5-17-15(10-14)16(11-18(20-17)12-2-3-12)19(23)21-8-6-13(22)7-9-21/h4-5,10-13,22H,2-3,6-9H2,1H3. The van der Waals surface area contributed by atoms with Gasteiger partial charge in [-0.15, -0.1) is 0 Å². The van der Waals surface area contributed by atoms with Gasteiger partial charge >= 0.3 is 0 Å². The number of hydrogen-bond donors (Lipinski definition) is 1. The van der Waals surface area contributed by atoms with E-state index in [9.17, 15) is 9.90 Å². The number of nitrogens with zero attached hydrogens (tertiary/aromatic N) is 2. The van der Waals surface area contributed by atoms with Gasteiger partial charge in [-0.05, 0) is 49.9 Å². The van der Waals surface area contributed by atoms with Crippen molar-refractivity contribution >= 4 is 16.8 Å². The van der Waals surface area contributed by atoms with Crippen LogP contribution >= 0.6 is 0 Å². The van der Waals surface area contributed by atoms with Crippen LogP contribution in [0.5, 0.6) is 5.75 Å². The highest BCUT2D eigenvalue weighted by Crippen LogP contribution is 2.40. The van der Waals surface area contributed by atoms with Gasteiger partial charge in [-0.3, -0.25) is 9.78 Å². The smallest absolute Gasteiger partial charge is 0.254 e. The molecule has 1 N–H and O–H groups in total. The van der Waals surface area contributed by atoms with E-state index in [-0.39, 0.29) is 12.0 Å². The molecule has 0 radical (unpaired) electrons. The maximum atomic E-state index is 13.1. The van der Waals surface area contributed by atoms with E-state index in [1.165, 1.54) is 0 Å². The van der Waals surface area contributed by atoms with E-state index in [1.807, 2.05) is 29.2 Å². The van der Waals surface area contributed by atoms with Gasteiger partial charge in [-0.1, -0.05) is 0 Å². The van der Waals surface area contributed by atoms with Gasteiger partial charge in [0.05, 0.1) is 24.3 Å². The zero-order valence-corrected chi connectivity index (χ0v) is 13.9. The van der Waals surface area contributed by atoms with Crippen LogP contribution in [0.3, 0.4) is 0 Å². The van der Waals surface area contributed by atoms with Gasteiger partial charge in [0.25, 0.3) is 5.91 Å². The Morgan fingerprint density at radius 2 is 1.96 bits per heavy atom. The van der Waals surface area contributed by atoms with Crippen molar-refractivity contribution < 1.29 is 14.6 Å². The van der Waals surface area contributed by atoms with Crippen molar-refractivity contribution in [1.82, 2.24) is 9.88 Å². The van der Waals surface area contributed by atoms with Crippen molar-refractivity contribution in [2.24, 2.45) is 0 Å². The second-order valence-electron chi connectivity index (χ2n) is 6.78. The highest BCUT2D eigenvalue weighted by atomic mass is 16.5. The molecular formula is C19H22N2O3. The molecule has 2 aliphatic rings. The Labute approximate surface area is 141 Å². The molecule has 1 aliphatic carbocycles. The molecule has 1 aliphatic heterocycles. The molecule has 0 spiro atoms. The second-order valence-corrected chi connectivity index (χ2v) is 6.78. The molecule has 1 saturated heterocycles. The van der Waals surface area contributed by atoms with Crippen LogP contribution in [0, 0.1) is 0 Å². The molecule has 1 amide bonds. The van der Waals surface area contributed by atoms with E-state index in [0.29, 0.717) is 37.4 Å². The summed E-state index contributed by atoms with van der Waals surface area (Å²) in [6.45, 7) is 1.21. The number of methoxy groups -OCH3 is 1. The zero-order chi connectivity index (χ0) is 16.7. The number of aliphatic hydroxyl groups excluding tert-OH is 1. The lowest BCUT2D eigenvalue weighted by Crippen LogP contribution is -2.40. The van der Waals surface area contributed by atoms with Gasteiger partial charge < -0.3 is 14.7 Å². The van der Waals surface area contributed by atoms with E-state index in [0.717, 1.165) is 35.2 Å². The minimum absolute atomic E-state index is 0.0319. The summed E-state index contributed by atoms with van der Waals surface area (Å²) >= 11 is 0. The minimum atomic E-state index is -0.287. The van der Waals surface area contributed by atoms with Crippen LogP contribution < -0.4 is 4.74 Å². The van der Waals surface area contributed by atoms with E-state index in [4.69, 9.17) is 9.72 Å². The monoisotopic (exact) mass is 326 g/mol. The van der Waals surface area contributed by atoms with Gasteiger partial charge in [0.1, 0.15) is 5.75 Å². The Morgan fingerprint density at radius 1 is 1.21 bits per heavy atom. The van der Waals surface area contributed by atoms with Crippen molar-refractivity contribution in [2.75, 3.05) is 20.2 Å². The predicted molar refractivity (Wildman–Crippen MR) is 91.4 cm³/mol. The normalized spacial score (nSPS) is 18.8. The highest BCUT2D eigenvalue weighted by molar-refractivity contribution is 6.06. The van der Waals surface area contributed by atoms with E-state index in [2.05, 4.69) is 0 Å². The Balaban J connectivity index is 1.77. The molecule has 24 heavy (non-hydrogen) atoms. The fraction of sp³-hybridized carbons (Fsp3) is 0.474. The molecule has 2 heterocycles. The van der Waals surface area contributed by atoms with Crippen molar-refractivity contribution in [3.05, 3.63) is 35.5 Å². The number of fused-ring (bicyclic) bond motifs is 1. The fourth-order valence-electron chi connectivity index (χ4n) is 3.36. The lowest BCUT2D eigenvalue weighted by atomic mass is 10.0. The first-order chi connectivity index (χ1) is 11.7. The lowest BCUT2D eigenvalue weighted by Gasteiger charge is -2.30. The molecule has 1 saturated carbocycles. The third-order valence-electron chi connectivity index (χ3n) is 5.01. The number of ether oxygens (including phenoxy) is 1. The quantitative estimate of drug-likeness (QED) is 0.942. The third kappa shape index (κ3) is 2.84. The van der Waals surface area contributed by atoms with Crippen LogP contribution in [0.4, 0.5) is 0 Å². The van der Waals surface area contributed by atoms with Gasteiger partial charge in [0.15, 0.2) is 0 Å². The lowest BCUT2D eigenvalue weighted by molar-refractivity contribution is 0.0548. The first-order valence-corrected chi connectivity index (χ1v) is 8.62. The number of carbonyl (C=O) groups excluding carboxylic acids is 1. The van der Waals surface area contributed by atoms with Crippen LogP contribution in [0.25, 0.3) is 10.9 Å². The number of likely N-dealkylation sites (tertiary alicyclic amines) is 1. The number of carbonyl (C=O) groups is 1. The predicted octanol–water partition coefficient (Wildman–Crippen LogP) is 2.72. The molecule has 126 valence electrons. The zero-order valence-electron chi connectivity index (χ0n) is 13.9. The number of aromatic nitrogens is 1. The summed E-state index contributed by atoms with van der Waals surface area (Å²) in [7, 11) is 1.63. The average molecular weight is 326 g/mol. The molecule has 2 fully saturated rings. The Bertz CT molecular complexity index is 778. The summed E-state index contributed by atoms with van der Waals surface area (Å²) in [6.07, 6.45) is 3.31. The molecule has 0 bridgehead atoms. The van der Waals surface area contributed by atoms with Crippen molar-refractivity contribution in [1.29, 1.82) is 0 Å². The molecule has 1 aromatic heterocycles. The van der Waals surface area contributed by atoms with Crippen LogP contribution in [0.2, 0.25) is 0 Å². The Morgan fingerprint density at radius 3 is 2.62 bits per heavy atom. The van der Waals surface area contributed by atoms with Crippen molar-refractivity contribution in [3.63, 3.8) is 0 Å². The summed E-state index contributed by atoms with van der Waals surface area (Å²) in [5.41, 5.74) is 2.57. The van der Waals surface area contributed by atoms with Crippen LogP contribution in [0.1, 0.15) is 47.7 Å². The van der Waals surface area contributed by atoms with Crippen LogP contribution in [-0.2, 0) is 0 Å². The van der Waals surface area contributed by atoms with Crippen molar-refractivity contribution in [3.8, 4) is 5.75 Å². The topological polar surface area (TPSA) is 62.7 Å². The minimum Gasteiger partial charge on any atom is -0.497 e. The van der Waals surface area contributed by atoms with E-state index < -0.39 is 0 Å². The number of aliphatic hydroxyl groups is 1. The van der Waals surface area contributed by atoms with Crippen LogP contribution in [-0.4, -0.2) is 47.2 Å². The first kappa shape index (κ1) is 15.4.